The van der Waals surface area contributed by atoms with E-state index in [0.29, 0.717) is 18.9 Å². The number of carbonyl (C=O) groups excluding carboxylic acids is 1. The van der Waals surface area contributed by atoms with Crippen LogP contribution < -0.4 is 10.1 Å². The maximum absolute atomic E-state index is 11.7. The first-order valence-electron chi connectivity index (χ1n) is 7.72. The van der Waals surface area contributed by atoms with E-state index < -0.39 is 0 Å². The van der Waals surface area contributed by atoms with Crippen LogP contribution >= 0.6 is 11.8 Å². The van der Waals surface area contributed by atoms with Crippen LogP contribution in [0.1, 0.15) is 23.3 Å². The van der Waals surface area contributed by atoms with Gasteiger partial charge < -0.3 is 14.5 Å². The van der Waals surface area contributed by atoms with Crippen molar-refractivity contribution in [2.45, 2.75) is 26.8 Å². The van der Waals surface area contributed by atoms with Crippen molar-refractivity contribution in [1.29, 1.82) is 0 Å². The Labute approximate surface area is 141 Å². The Morgan fingerprint density at radius 1 is 1.30 bits per heavy atom. The van der Waals surface area contributed by atoms with Crippen LogP contribution in [0.25, 0.3) is 0 Å². The van der Waals surface area contributed by atoms with Gasteiger partial charge in [-0.1, -0.05) is 12.1 Å². The first-order valence-corrected chi connectivity index (χ1v) is 8.87. The van der Waals surface area contributed by atoms with Crippen molar-refractivity contribution in [2.75, 3.05) is 18.1 Å². The second-order valence-electron chi connectivity index (χ2n) is 5.38. The number of aryl methyl sites for hydroxylation is 2. The third-order valence-corrected chi connectivity index (χ3v) is 4.35. The number of carbonyl (C=O) groups is 1. The van der Waals surface area contributed by atoms with Crippen LogP contribution in [0, 0.1) is 13.8 Å². The van der Waals surface area contributed by atoms with Gasteiger partial charge in [0.05, 0.1) is 25.2 Å². The lowest BCUT2D eigenvalue weighted by molar-refractivity contribution is -0.118. The minimum Gasteiger partial charge on any atom is -0.493 e. The quantitative estimate of drug-likeness (QED) is 0.711. The van der Waals surface area contributed by atoms with E-state index in [1.807, 2.05) is 19.1 Å². The minimum absolute atomic E-state index is 0.0295. The predicted molar refractivity (Wildman–Crippen MR) is 93.9 cm³/mol. The number of furan rings is 1. The lowest BCUT2D eigenvalue weighted by Crippen LogP contribution is -2.24. The zero-order chi connectivity index (χ0) is 16.5. The average Bonchev–Trinajstić information content (AvgIpc) is 3.05. The molecule has 4 nitrogen and oxygen atoms in total. The first kappa shape index (κ1) is 17.5. The maximum atomic E-state index is 11.7. The molecule has 5 heteroatoms. The molecule has 23 heavy (non-hydrogen) atoms. The monoisotopic (exact) mass is 333 g/mol. The van der Waals surface area contributed by atoms with E-state index in [4.69, 9.17) is 9.15 Å². The van der Waals surface area contributed by atoms with Gasteiger partial charge in [0, 0.05) is 0 Å². The summed E-state index contributed by atoms with van der Waals surface area (Å²) in [6.07, 6.45) is 2.52. The van der Waals surface area contributed by atoms with E-state index in [0.717, 1.165) is 29.2 Å². The highest BCUT2D eigenvalue weighted by Crippen LogP contribution is 2.19. The predicted octanol–water partition coefficient (Wildman–Crippen LogP) is 3.71. The zero-order valence-corrected chi connectivity index (χ0v) is 14.4. The molecular weight excluding hydrogens is 310 g/mol. The Balaban J connectivity index is 1.53. The fraction of sp³-hybridized carbons (Fsp3) is 0.389. The molecule has 1 aromatic carbocycles. The first-order chi connectivity index (χ1) is 11.1. The summed E-state index contributed by atoms with van der Waals surface area (Å²) in [7, 11) is 0. The Morgan fingerprint density at radius 3 is 2.96 bits per heavy atom. The van der Waals surface area contributed by atoms with Gasteiger partial charge in [-0.05, 0) is 55.3 Å². The summed E-state index contributed by atoms with van der Waals surface area (Å²) < 4.78 is 11.0. The van der Waals surface area contributed by atoms with Crippen LogP contribution in [0.4, 0.5) is 0 Å². The summed E-state index contributed by atoms with van der Waals surface area (Å²) in [5.74, 6) is 3.11. The molecule has 1 amide bonds. The van der Waals surface area contributed by atoms with Crippen molar-refractivity contribution in [3.63, 3.8) is 0 Å². The van der Waals surface area contributed by atoms with Crippen LogP contribution in [0.5, 0.6) is 5.75 Å². The summed E-state index contributed by atoms with van der Waals surface area (Å²) in [6, 6.07) is 9.87. The molecule has 0 radical (unpaired) electrons. The summed E-state index contributed by atoms with van der Waals surface area (Å²) in [5, 5.41) is 2.83. The maximum Gasteiger partial charge on any atom is 0.230 e. The summed E-state index contributed by atoms with van der Waals surface area (Å²) in [6.45, 7) is 5.23. The lowest BCUT2D eigenvalue weighted by atomic mass is 10.1. The number of benzene rings is 1. The molecule has 0 saturated carbocycles. The molecule has 1 heterocycles. The zero-order valence-electron chi connectivity index (χ0n) is 13.6. The van der Waals surface area contributed by atoms with Crippen LogP contribution in [0.3, 0.4) is 0 Å². The van der Waals surface area contributed by atoms with Gasteiger partial charge >= 0.3 is 0 Å². The normalized spacial score (nSPS) is 10.5. The smallest absolute Gasteiger partial charge is 0.230 e. The van der Waals surface area contributed by atoms with Crippen molar-refractivity contribution in [3.05, 3.63) is 53.5 Å². The van der Waals surface area contributed by atoms with E-state index in [-0.39, 0.29) is 5.91 Å². The van der Waals surface area contributed by atoms with E-state index in [2.05, 4.69) is 30.4 Å². The number of hydrogen-bond donors (Lipinski definition) is 1. The largest absolute Gasteiger partial charge is 0.493 e. The van der Waals surface area contributed by atoms with E-state index in [1.165, 1.54) is 5.56 Å². The van der Waals surface area contributed by atoms with Crippen LogP contribution in [-0.2, 0) is 11.3 Å². The molecule has 0 bridgehead atoms. The highest BCUT2D eigenvalue weighted by Gasteiger charge is 2.03. The third-order valence-electron chi connectivity index (χ3n) is 3.31. The molecule has 2 rings (SSSR count). The lowest BCUT2D eigenvalue weighted by Gasteiger charge is -2.09. The van der Waals surface area contributed by atoms with E-state index in [1.54, 1.807) is 18.0 Å². The molecule has 0 fully saturated rings. The standard InChI is InChI=1S/C18H23NO3S/c1-14-6-7-15(2)17(11-14)22-9-4-10-23-13-18(20)19-12-16-5-3-8-21-16/h3,5-8,11H,4,9-10,12-13H2,1-2H3,(H,19,20). The topological polar surface area (TPSA) is 51.5 Å². The Bertz CT molecular complexity index is 611. The Kier molecular flexibility index (Phi) is 7.07. The van der Waals surface area contributed by atoms with Crippen molar-refractivity contribution in [3.8, 4) is 5.75 Å². The van der Waals surface area contributed by atoms with Gasteiger partial charge in [-0.25, -0.2) is 0 Å². The third kappa shape index (κ3) is 6.40. The molecule has 0 aliphatic rings. The van der Waals surface area contributed by atoms with Gasteiger partial charge in [-0.3, -0.25) is 4.79 Å². The summed E-state index contributed by atoms with van der Waals surface area (Å²) in [4.78, 5) is 11.7. The molecule has 1 aromatic heterocycles. The number of thioether (sulfide) groups is 1. The Hall–Kier alpha value is -1.88. The van der Waals surface area contributed by atoms with Gasteiger partial charge in [-0.15, -0.1) is 0 Å². The SMILES string of the molecule is Cc1ccc(C)c(OCCCSCC(=O)NCc2ccco2)c1. The van der Waals surface area contributed by atoms with Crippen molar-refractivity contribution in [1.82, 2.24) is 5.32 Å². The van der Waals surface area contributed by atoms with E-state index >= 15 is 0 Å². The van der Waals surface area contributed by atoms with Crippen molar-refractivity contribution >= 4 is 17.7 Å². The molecular formula is C18H23NO3S. The Morgan fingerprint density at radius 2 is 2.17 bits per heavy atom. The van der Waals surface area contributed by atoms with Crippen LogP contribution in [-0.4, -0.2) is 24.0 Å². The molecule has 0 aliphatic carbocycles. The number of nitrogens with one attached hydrogen (secondary N) is 1. The number of ether oxygens (including phenoxy) is 1. The van der Waals surface area contributed by atoms with Gasteiger partial charge in [0.1, 0.15) is 11.5 Å². The fourth-order valence-electron chi connectivity index (χ4n) is 2.02. The van der Waals surface area contributed by atoms with Gasteiger partial charge in [0.15, 0.2) is 0 Å². The van der Waals surface area contributed by atoms with Gasteiger partial charge in [0.2, 0.25) is 5.91 Å². The van der Waals surface area contributed by atoms with Crippen LogP contribution in [0.2, 0.25) is 0 Å². The molecule has 124 valence electrons. The number of rotatable bonds is 9. The summed E-state index contributed by atoms with van der Waals surface area (Å²) >= 11 is 1.62. The highest BCUT2D eigenvalue weighted by molar-refractivity contribution is 7.99. The van der Waals surface area contributed by atoms with E-state index in [9.17, 15) is 4.79 Å². The minimum atomic E-state index is 0.0295. The molecule has 0 saturated heterocycles. The van der Waals surface area contributed by atoms with Crippen LogP contribution in [0.15, 0.2) is 41.0 Å². The molecule has 0 spiro atoms. The second-order valence-corrected chi connectivity index (χ2v) is 6.48. The molecule has 0 atom stereocenters. The van der Waals surface area contributed by atoms with Crippen molar-refractivity contribution < 1.29 is 13.9 Å². The number of amides is 1. The summed E-state index contributed by atoms with van der Waals surface area (Å²) in [5.41, 5.74) is 2.36. The average molecular weight is 333 g/mol. The molecule has 2 aromatic rings. The molecule has 1 N–H and O–H groups in total. The highest BCUT2D eigenvalue weighted by atomic mass is 32.2. The van der Waals surface area contributed by atoms with Gasteiger partial charge in [-0.2, -0.15) is 11.8 Å². The van der Waals surface area contributed by atoms with Gasteiger partial charge in [0.25, 0.3) is 0 Å². The number of hydrogen-bond acceptors (Lipinski definition) is 4. The van der Waals surface area contributed by atoms with Crippen molar-refractivity contribution in [2.24, 2.45) is 0 Å². The fourth-order valence-corrected chi connectivity index (χ4v) is 2.77. The molecule has 0 unspecified atom stereocenters. The second kappa shape index (κ2) is 9.30. The molecule has 0 aliphatic heterocycles.